The minimum atomic E-state index is -0.387. The number of carbonyl (C=O) groups is 2. The monoisotopic (exact) mass is 395 g/mol. The molecule has 2 aliphatic rings. The summed E-state index contributed by atoms with van der Waals surface area (Å²) < 4.78 is 0. The van der Waals surface area contributed by atoms with E-state index < -0.39 is 0 Å². The molecule has 2 heterocycles. The van der Waals surface area contributed by atoms with Crippen LogP contribution in [0.1, 0.15) is 49.1 Å². The molecule has 0 atom stereocenters. The summed E-state index contributed by atoms with van der Waals surface area (Å²) in [6.07, 6.45) is 9.01. The molecule has 1 aliphatic carbocycles. The lowest BCUT2D eigenvalue weighted by molar-refractivity contribution is -0.115. The van der Waals surface area contributed by atoms with Gasteiger partial charge in [-0.05, 0) is 65.9 Å². The van der Waals surface area contributed by atoms with E-state index >= 15 is 0 Å². The third-order valence-electron chi connectivity index (χ3n) is 5.24. The number of hydrogen-bond donors (Lipinski definition) is 3. The molecule has 4 N–H and O–H groups in total. The van der Waals surface area contributed by atoms with Gasteiger partial charge in [-0.2, -0.15) is 0 Å². The van der Waals surface area contributed by atoms with Crippen LogP contribution in [0.3, 0.4) is 0 Å². The van der Waals surface area contributed by atoms with E-state index in [1.54, 1.807) is 18.3 Å². The second-order valence-electron chi connectivity index (χ2n) is 7.17. The number of pyridine rings is 1. The molecule has 0 radical (unpaired) electrons. The van der Waals surface area contributed by atoms with Crippen molar-refractivity contribution in [2.75, 3.05) is 5.73 Å². The summed E-state index contributed by atoms with van der Waals surface area (Å²) in [5, 5.41) is 12.3. The summed E-state index contributed by atoms with van der Waals surface area (Å²) in [6, 6.07) is 7.42. The highest BCUT2D eigenvalue weighted by Gasteiger charge is 2.25. The van der Waals surface area contributed by atoms with Gasteiger partial charge in [0.25, 0.3) is 11.1 Å². The maximum atomic E-state index is 11.7. The number of aromatic nitrogens is 1. The van der Waals surface area contributed by atoms with Crippen LogP contribution >= 0.6 is 11.8 Å². The lowest BCUT2D eigenvalue weighted by atomic mass is 9.82. The van der Waals surface area contributed by atoms with Crippen LogP contribution < -0.4 is 11.1 Å². The number of nitrogens with one attached hydrogen (secondary N) is 1. The molecule has 2 fully saturated rings. The van der Waals surface area contributed by atoms with Gasteiger partial charge < -0.3 is 10.8 Å². The summed E-state index contributed by atoms with van der Waals surface area (Å²) in [6.45, 7) is 0. The number of carbonyl (C=O) groups excluding carboxylic acids is 2. The quantitative estimate of drug-likeness (QED) is 0.404. The summed E-state index contributed by atoms with van der Waals surface area (Å²) in [5.41, 5.74) is 9.67. The van der Waals surface area contributed by atoms with Gasteiger partial charge in [0.15, 0.2) is 0 Å². The van der Waals surface area contributed by atoms with Gasteiger partial charge in [0, 0.05) is 11.8 Å². The van der Waals surface area contributed by atoms with E-state index in [0.717, 1.165) is 47.0 Å². The Morgan fingerprint density at radius 2 is 1.96 bits per heavy atom. The number of phenolic OH excluding ortho intramolecular Hbond substituents is 1. The minimum absolute atomic E-state index is 0.186. The first-order valence-electron chi connectivity index (χ1n) is 9.35. The lowest BCUT2D eigenvalue weighted by Crippen LogP contribution is -2.17. The Labute approximate surface area is 167 Å². The van der Waals surface area contributed by atoms with E-state index in [2.05, 4.69) is 10.3 Å². The molecule has 6 nitrogen and oxygen atoms in total. The number of benzene rings is 1. The van der Waals surface area contributed by atoms with Crippen molar-refractivity contribution in [2.24, 2.45) is 0 Å². The standard InChI is InChI=1S/C21H21N3O3S/c22-16-10-14(9-15(19(16)25)13-4-2-1-3-5-13)17-7-6-12(11-23-17)8-18-20(26)24-21(27)28-18/h6-11,13,25H,1-5,22H2,(H,24,26,27)/b18-8-. The van der Waals surface area contributed by atoms with Crippen molar-refractivity contribution in [3.8, 4) is 17.0 Å². The minimum Gasteiger partial charge on any atom is -0.505 e. The number of thioether (sulfide) groups is 1. The molecule has 2 amide bonds. The smallest absolute Gasteiger partial charge is 0.290 e. The number of anilines is 1. The van der Waals surface area contributed by atoms with Gasteiger partial charge in [0.05, 0.1) is 16.3 Å². The molecule has 28 heavy (non-hydrogen) atoms. The van der Waals surface area contributed by atoms with Gasteiger partial charge >= 0.3 is 0 Å². The number of nitrogen functional groups attached to an aromatic ring is 1. The van der Waals surface area contributed by atoms with Gasteiger partial charge in [-0.1, -0.05) is 25.3 Å². The summed E-state index contributed by atoms with van der Waals surface area (Å²) in [5.74, 6) is 0.129. The largest absolute Gasteiger partial charge is 0.505 e. The van der Waals surface area contributed by atoms with Crippen LogP contribution in [0.25, 0.3) is 17.3 Å². The average Bonchev–Trinajstić information content (AvgIpc) is 3.02. The molecular formula is C21H21N3O3S. The van der Waals surface area contributed by atoms with E-state index in [1.165, 1.54) is 19.3 Å². The van der Waals surface area contributed by atoms with E-state index in [0.29, 0.717) is 16.5 Å². The maximum Gasteiger partial charge on any atom is 0.290 e. The fourth-order valence-electron chi connectivity index (χ4n) is 3.79. The zero-order valence-corrected chi connectivity index (χ0v) is 16.1. The van der Waals surface area contributed by atoms with Crippen molar-refractivity contribution < 1.29 is 14.7 Å². The summed E-state index contributed by atoms with van der Waals surface area (Å²) in [7, 11) is 0. The van der Waals surface area contributed by atoms with Crippen LogP contribution in [-0.4, -0.2) is 21.2 Å². The molecule has 0 spiro atoms. The number of phenols is 1. The van der Waals surface area contributed by atoms with Crippen LogP contribution in [0.2, 0.25) is 0 Å². The van der Waals surface area contributed by atoms with Gasteiger partial charge in [-0.25, -0.2) is 0 Å². The van der Waals surface area contributed by atoms with Crippen molar-refractivity contribution in [3.05, 3.63) is 46.5 Å². The number of amides is 2. The number of rotatable bonds is 3. The fourth-order valence-corrected chi connectivity index (χ4v) is 4.47. The highest BCUT2D eigenvalue weighted by atomic mass is 32.2. The molecule has 1 aliphatic heterocycles. The lowest BCUT2D eigenvalue weighted by Gasteiger charge is -2.24. The Kier molecular flexibility index (Phi) is 5.09. The molecule has 1 saturated carbocycles. The van der Waals surface area contributed by atoms with Crippen LogP contribution in [0, 0.1) is 0 Å². The first-order valence-corrected chi connectivity index (χ1v) is 10.2. The number of nitrogens with two attached hydrogens (primary N) is 1. The third-order valence-corrected chi connectivity index (χ3v) is 6.05. The molecule has 144 valence electrons. The Bertz CT molecular complexity index is 964. The summed E-state index contributed by atoms with van der Waals surface area (Å²) in [4.78, 5) is 27.8. The summed E-state index contributed by atoms with van der Waals surface area (Å²) >= 11 is 0.880. The van der Waals surface area contributed by atoms with Gasteiger partial charge in [-0.3, -0.25) is 19.9 Å². The SMILES string of the molecule is Nc1cc(-c2ccc(/C=C3\SC(=O)NC3=O)cn2)cc(C2CCCCC2)c1O. The zero-order valence-electron chi connectivity index (χ0n) is 15.3. The Morgan fingerprint density at radius 1 is 1.18 bits per heavy atom. The number of aromatic hydroxyl groups is 1. The molecular weight excluding hydrogens is 374 g/mol. The number of nitrogens with zero attached hydrogens (tertiary/aromatic N) is 1. The van der Waals surface area contributed by atoms with Crippen LogP contribution in [0.5, 0.6) is 5.75 Å². The molecule has 0 bridgehead atoms. The highest BCUT2D eigenvalue weighted by Crippen LogP contribution is 2.41. The normalized spacial score (nSPS) is 19.2. The van der Waals surface area contributed by atoms with E-state index in [9.17, 15) is 14.7 Å². The van der Waals surface area contributed by atoms with E-state index in [4.69, 9.17) is 5.73 Å². The topological polar surface area (TPSA) is 105 Å². The predicted octanol–water partition coefficient (Wildman–Crippen LogP) is 4.41. The van der Waals surface area contributed by atoms with Crippen molar-refractivity contribution >= 4 is 34.7 Å². The Balaban J connectivity index is 1.62. The van der Waals surface area contributed by atoms with Crippen LogP contribution in [0.4, 0.5) is 10.5 Å². The zero-order chi connectivity index (χ0) is 19.7. The predicted molar refractivity (Wildman–Crippen MR) is 111 cm³/mol. The van der Waals surface area contributed by atoms with Crippen LogP contribution in [-0.2, 0) is 4.79 Å². The Hall–Kier alpha value is -2.80. The van der Waals surface area contributed by atoms with E-state index in [1.807, 2.05) is 18.2 Å². The molecule has 7 heteroatoms. The molecule has 2 aromatic rings. The fraction of sp³-hybridized carbons (Fsp3) is 0.286. The first-order chi connectivity index (χ1) is 13.5. The van der Waals surface area contributed by atoms with Gasteiger partial charge in [0.1, 0.15) is 5.75 Å². The second kappa shape index (κ2) is 7.67. The van der Waals surface area contributed by atoms with Crippen molar-refractivity contribution in [3.63, 3.8) is 0 Å². The molecule has 1 saturated heterocycles. The molecule has 4 rings (SSSR count). The van der Waals surface area contributed by atoms with Crippen molar-refractivity contribution in [1.82, 2.24) is 10.3 Å². The Morgan fingerprint density at radius 3 is 2.61 bits per heavy atom. The van der Waals surface area contributed by atoms with Gasteiger partial charge in [0.2, 0.25) is 0 Å². The molecule has 1 aromatic heterocycles. The third kappa shape index (κ3) is 3.75. The van der Waals surface area contributed by atoms with Crippen molar-refractivity contribution in [2.45, 2.75) is 38.0 Å². The maximum absolute atomic E-state index is 11.7. The highest BCUT2D eigenvalue weighted by molar-refractivity contribution is 8.18. The molecule has 1 aromatic carbocycles. The number of hydrogen-bond acceptors (Lipinski definition) is 6. The van der Waals surface area contributed by atoms with Gasteiger partial charge in [-0.15, -0.1) is 0 Å². The number of imide groups is 1. The van der Waals surface area contributed by atoms with Crippen molar-refractivity contribution in [1.29, 1.82) is 0 Å². The average molecular weight is 395 g/mol. The molecule has 0 unspecified atom stereocenters. The first kappa shape index (κ1) is 18.6. The van der Waals surface area contributed by atoms with Crippen LogP contribution in [0.15, 0.2) is 35.4 Å². The second-order valence-corrected chi connectivity index (χ2v) is 8.18. The van der Waals surface area contributed by atoms with E-state index in [-0.39, 0.29) is 16.9 Å².